The average Bonchev–Trinajstić information content (AvgIpc) is 2.52. The minimum Gasteiger partial charge on any atom is -0.384 e. The summed E-state index contributed by atoms with van der Waals surface area (Å²) in [5, 5.41) is 8.68. The summed E-state index contributed by atoms with van der Waals surface area (Å²) in [7, 11) is -3.49. The molecule has 0 atom stereocenters. The maximum absolute atomic E-state index is 12.3. The fraction of sp³-hybridized carbons (Fsp3) is 0.467. The van der Waals surface area contributed by atoms with E-state index < -0.39 is 10.0 Å². The molecule has 0 amide bonds. The number of hydrogen-bond acceptors (Lipinski definition) is 4. The van der Waals surface area contributed by atoms with Crippen LogP contribution in [0.1, 0.15) is 18.4 Å². The van der Waals surface area contributed by atoms with Crippen LogP contribution in [0.2, 0.25) is 0 Å². The monoisotopic (exact) mass is 325 g/mol. The van der Waals surface area contributed by atoms with Gasteiger partial charge < -0.3 is 5.11 Å². The first kappa shape index (κ1) is 16.4. The van der Waals surface area contributed by atoms with Crippen LogP contribution in [0.5, 0.6) is 0 Å². The molecule has 0 unspecified atom stereocenters. The Kier molecular flexibility index (Phi) is 6.12. The summed E-state index contributed by atoms with van der Waals surface area (Å²) in [4.78, 5) is 0.220. The van der Waals surface area contributed by atoms with Crippen molar-refractivity contribution in [3.05, 3.63) is 29.8 Å². The highest BCUT2D eigenvalue weighted by atomic mass is 32.2. The van der Waals surface area contributed by atoms with Gasteiger partial charge >= 0.3 is 0 Å². The third kappa shape index (κ3) is 5.04. The third-order valence-corrected chi connectivity index (χ3v) is 5.83. The van der Waals surface area contributed by atoms with E-state index in [1.807, 2.05) is 11.8 Å². The SMILES string of the molecule is O=S(=O)(NCC1CCSCC1)c1cccc(C#CCO)c1. The predicted molar refractivity (Wildman–Crippen MR) is 85.6 cm³/mol. The van der Waals surface area contributed by atoms with Crippen LogP contribution in [0, 0.1) is 17.8 Å². The van der Waals surface area contributed by atoms with Gasteiger partial charge in [0.05, 0.1) is 4.90 Å². The van der Waals surface area contributed by atoms with Crippen molar-refractivity contribution in [3.63, 3.8) is 0 Å². The molecule has 1 fully saturated rings. The number of nitrogens with one attached hydrogen (secondary N) is 1. The molecule has 1 heterocycles. The van der Waals surface area contributed by atoms with Gasteiger partial charge in [0.15, 0.2) is 0 Å². The molecule has 1 aromatic rings. The molecular formula is C15H19NO3S2. The highest BCUT2D eigenvalue weighted by Gasteiger charge is 2.19. The molecule has 0 aromatic heterocycles. The van der Waals surface area contributed by atoms with E-state index in [1.165, 1.54) is 6.07 Å². The molecule has 1 aliphatic heterocycles. The molecule has 0 saturated carbocycles. The normalized spacial score (nSPS) is 16.2. The van der Waals surface area contributed by atoms with Crippen molar-refractivity contribution >= 4 is 21.8 Å². The summed E-state index contributed by atoms with van der Waals surface area (Å²) in [6.45, 7) is 0.254. The minimum atomic E-state index is -3.49. The predicted octanol–water partition coefficient (Wildman–Crippen LogP) is 1.45. The van der Waals surface area contributed by atoms with Crippen molar-refractivity contribution in [3.8, 4) is 11.8 Å². The van der Waals surface area contributed by atoms with Gasteiger partial charge in [0.25, 0.3) is 0 Å². The van der Waals surface area contributed by atoms with Crippen molar-refractivity contribution in [2.24, 2.45) is 5.92 Å². The number of sulfonamides is 1. The second kappa shape index (κ2) is 7.85. The van der Waals surface area contributed by atoms with Crippen molar-refractivity contribution in [1.29, 1.82) is 0 Å². The molecule has 1 saturated heterocycles. The molecule has 0 spiro atoms. The minimum absolute atomic E-state index is 0.220. The Hall–Kier alpha value is -1.00. The molecule has 114 valence electrons. The van der Waals surface area contributed by atoms with E-state index in [0.717, 1.165) is 24.3 Å². The maximum atomic E-state index is 12.3. The number of thioether (sulfide) groups is 1. The topological polar surface area (TPSA) is 66.4 Å². The van der Waals surface area contributed by atoms with E-state index in [9.17, 15) is 8.42 Å². The molecule has 2 rings (SSSR count). The van der Waals surface area contributed by atoms with Gasteiger partial charge in [-0.05, 0) is 48.5 Å². The third-order valence-electron chi connectivity index (χ3n) is 3.36. The molecular weight excluding hydrogens is 306 g/mol. The van der Waals surface area contributed by atoms with E-state index in [-0.39, 0.29) is 11.5 Å². The first-order valence-corrected chi connectivity index (χ1v) is 9.53. The zero-order valence-corrected chi connectivity index (χ0v) is 13.3. The van der Waals surface area contributed by atoms with Crippen LogP contribution in [0.25, 0.3) is 0 Å². The molecule has 21 heavy (non-hydrogen) atoms. The summed E-state index contributed by atoms with van der Waals surface area (Å²) < 4.78 is 27.3. The van der Waals surface area contributed by atoms with Gasteiger partial charge in [-0.3, -0.25) is 0 Å². The summed E-state index contributed by atoms with van der Waals surface area (Å²) in [6.07, 6.45) is 2.13. The Labute approximate surface area is 130 Å². The van der Waals surface area contributed by atoms with Crippen molar-refractivity contribution < 1.29 is 13.5 Å². The first-order chi connectivity index (χ1) is 10.1. The summed E-state index contributed by atoms with van der Waals surface area (Å²) >= 11 is 1.93. The second-order valence-corrected chi connectivity index (χ2v) is 7.89. The van der Waals surface area contributed by atoms with Crippen LogP contribution in [-0.2, 0) is 10.0 Å². The van der Waals surface area contributed by atoms with Crippen LogP contribution < -0.4 is 4.72 Å². The van der Waals surface area contributed by atoms with Gasteiger partial charge in [-0.2, -0.15) is 11.8 Å². The Balaban J connectivity index is 2.04. The molecule has 0 aliphatic carbocycles. The fourth-order valence-corrected chi connectivity index (χ4v) is 4.51. The Morgan fingerprint density at radius 2 is 2.10 bits per heavy atom. The smallest absolute Gasteiger partial charge is 0.240 e. The van der Waals surface area contributed by atoms with Gasteiger partial charge in [-0.15, -0.1) is 0 Å². The largest absolute Gasteiger partial charge is 0.384 e. The van der Waals surface area contributed by atoms with Gasteiger partial charge in [0.2, 0.25) is 10.0 Å². The van der Waals surface area contributed by atoms with Crippen molar-refractivity contribution in [1.82, 2.24) is 4.72 Å². The van der Waals surface area contributed by atoms with Gasteiger partial charge in [0, 0.05) is 12.1 Å². The lowest BCUT2D eigenvalue weighted by Gasteiger charge is -2.21. The number of aliphatic hydroxyl groups is 1. The van der Waals surface area contributed by atoms with E-state index in [1.54, 1.807) is 18.2 Å². The zero-order chi connectivity index (χ0) is 15.1. The molecule has 1 aromatic carbocycles. The Morgan fingerprint density at radius 3 is 2.81 bits per heavy atom. The molecule has 1 aliphatic rings. The van der Waals surface area contributed by atoms with E-state index in [2.05, 4.69) is 16.6 Å². The summed E-state index contributed by atoms with van der Waals surface area (Å²) in [5.41, 5.74) is 0.584. The number of rotatable bonds is 4. The molecule has 6 heteroatoms. The van der Waals surface area contributed by atoms with Crippen LogP contribution in [0.15, 0.2) is 29.2 Å². The number of aliphatic hydroxyl groups excluding tert-OH is 1. The number of benzene rings is 1. The molecule has 4 nitrogen and oxygen atoms in total. The first-order valence-electron chi connectivity index (χ1n) is 6.89. The average molecular weight is 325 g/mol. The lowest BCUT2D eigenvalue weighted by Crippen LogP contribution is -2.31. The Morgan fingerprint density at radius 1 is 1.33 bits per heavy atom. The standard InChI is InChI=1S/C15H19NO3S2/c17-8-2-4-13-3-1-5-15(11-13)21(18,19)16-12-14-6-9-20-10-7-14/h1,3,5,11,14,16-17H,6-10,12H2. The van der Waals surface area contributed by atoms with Crippen molar-refractivity contribution in [2.75, 3.05) is 24.7 Å². The van der Waals surface area contributed by atoms with Crippen LogP contribution in [-0.4, -0.2) is 38.2 Å². The van der Waals surface area contributed by atoms with Gasteiger partial charge in [-0.1, -0.05) is 17.9 Å². The second-order valence-electron chi connectivity index (χ2n) is 4.90. The van der Waals surface area contributed by atoms with E-state index in [0.29, 0.717) is 18.0 Å². The van der Waals surface area contributed by atoms with E-state index in [4.69, 9.17) is 5.11 Å². The zero-order valence-electron chi connectivity index (χ0n) is 11.7. The fourth-order valence-electron chi connectivity index (χ4n) is 2.14. The highest BCUT2D eigenvalue weighted by molar-refractivity contribution is 7.99. The van der Waals surface area contributed by atoms with Crippen LogP contribution in [0.4, 0.5) is 0 Å². The molecule has 2 N–H and O–H groups in total. The number of hydrogen-bond donors (Lipinski definition) is 2. The molecule has 0 radical (unpaired) electrons. The lowest BCUT2D eigenvalue weighted by atomic mass is 10.0. The van der Waals surface area contributed by atoms with Gasteiger partial charge in [0.1, 0.15) is 6.61 Å². The highest BCUT2D eigenvalue weighted by Crippen LogP contribution is 2.22. The van der Waals surface area contributed by atoms with E-state index >= 15 is 0 Å². The van der Waals surface area contributed by atoms with Crippen LogP contribution >= 0.6 is 11.8 Å². The summed E-state index contributed by atoms with van der Waals surface area (Å²) in [6, 6.07) is 6.47. The quantitative estimate of drug-likeness (QED) is 0.823. The maximum Gasteiger partial charge on any atom is 0.240 e. The van der Waals surface area contributed by atoms with Crippen molar-refractivity contribution in [2.45, 2.75) is 17.7 Å². The summed E-state index contributed by atoms with van der Waals surface area (Å²) in [5.74, 6) is 7.88. The van der Waals surface area contributed by atoms with Gasteiger partial charge in [-0.25, -0.2) is 13.1 Å². The lowest BCUT2D eigenvalue weighted by molar-refractivity contribution is 0.350. The van der Waals surface area contributed by atoms with Crippen LogP contribution in [0.3, 0.4) is 0 Å². The molecule has 0 bridgehead atoms. The Bertz CT molecular complexity index is 626.